The molecule has 1 heteroatoms. The van der Waals surface area contributed by atoms with E-state index in [0.717, 1.165) is 0 Å². The van der Waals surface area contributed by atoms with Gasteiger partial charge < -0.3 is 0 Å². The summed E-state index contributed by atoms with van der Waals surface area (Å²) in [5.74, 6) is 0. The molecular weight excluding hydrogens is 107 g/mol. The summed E-state index contributed by atoms with van der Waals surface area (Å²) in [6.07, 6.45) is 0. The second kappa shape index (κ2) is 4.13. The van der Waals surface area contributed by atoms with Crippen LogP contribution in [0.4, 0.5) is 0 Å². The van der Waals surface area contributed by atoms with Crippen molar-refractivity contribution in [1.82, 2.24) is 0 Å². The van der Waals surface area contributed by atoms with E-state index in [-0.39, 0.29) is 29.6 Å². The summed E-state index contributed by atoms with van der Waals surface area (Å²) in [6, 6.07) is 10.3. The molecule has 0 saturated carbocycles. The second-order valence-electron chi connectivity index (χ2n) is 1.65. The monoisotopic (exact) mass is 115 g/mol. The number of hydrogen-bond donors (Lipinski definition) is 0. The van der Waals surface area contributed by atoms with Crippen LogP contribution in [0.25, 0.3) is 0 Å². The zero-order valence-electron chi connectivity index (χ0n) is 5.39. The Bertz CT molecular complexity index is 134. The van der Waals surface area contributed by atoms with Gasteiger partial charge in [0.2, 0.25) is 0 Å². The fourth-order valence-corrected chi connectivity index (χ4v) is 0.534. The first-order valence-electron chi connectivity index (χ1n) is 2.41. The Morgan fingerprint density at radius 3 is 1.75 bits per heavy atom. The Morgan fingerprint density at radius 2 is 1.50 bits per heavy atom. The van der Waals surface area contributed by atoms with Gasteiger partial charge in [-0.3, -0.25) is 0 Å². The fourth-order valence-electron chi connectivity index (χ4n) is 0.534. The summed E-state index contributed by atoms with van der Waals surface area (Å²) in [7, 11) is 0. The Kier molecular flexibility index (Phi) is 4.25. The molecule has 37 valence electrons. The molecule has 0 heterocycles. The minimum absolute atomic E-state index is 0. The predicted octanol–water partition coefficient (Wildman–Crippen LogP) is 1.61. The molecule has 0 aliphatic rings. The molecule has 0 atom stereocenters. The van der Waals surface area contributed by atoms with Crippen molar-refractivity contribution < 1.29 is 0 Å². The van der Waals surface area contributed by atoms with Crippen molar-refractivity contribution in [2.75, 3.05) is 0 Å². The minimum atomic E-state index is 0. The van der Waals surface area contributed by atoms with E-state index in [2.05, 4.69) is 19.1 Å². The van der Waals surface area contributed by atoms with Crippen molar-refractivity contribution in [2.45, 2.75) is 6.92 Å². The number of aryl methyl sites for hydroxylation is 1. The van der Waals surface area contributed by atoms with Crippen LogP contribution in [0.15, 0.2) is 30.3 Å². The van der Waals surface area contributed by atoms with Gasteiger partial charge in [0.25, 0.3) is 0 Å². The average molecular weight is 115 g/mol. The quantitative estimate of drug-likeness (QED) is 0.451. The predicted molar refractivity (Wildman–Crippen MR) is 36.9 cm³/mol. The van der Waals surface area contributed by atoms with E-state index in [9.17, 15) is 0 Å². The van der Waals surface area contributed by atoms with Gasteiger partial charge >= 0.3 is 0 Å². The largest absolute Gasteiger partial charge is 0.0622 e. The molecule has 1 rings (SSSR count). The zero-order valence-corrected chi connectivity index (χ0v) is 7.39. The maximum absolute atomic E-state index is 2.08. The molecule has 0 nitrogen and oxygen atoms in total. The molecular formula is C7H8Na. The van der Waals surface area contributed by atoms with Gasteiger partial charge in [0.1, 0.15) is 0 Å². The van der Waals surface area contributed by atoms with E-state index in [1.807, 2.05) is 18.2 Å². The van der Waals surface area contributed by atoms with Crippen LogP contribution in [0.5, 0.6) is 0 Å². The van der Waals surface area contributed by atoms with Crippen molar-refractivity contribution in [1.29, 1.82) is 0 Å². The standard InChI is InChI=1S/C7H8.Na/c1-7-5-3-2-4-6-7;/h2-6H,1H3;. The molecule has 0 aliphatic heterocycles. The molecule has 0 N–H and O–H groups in total. The van der Waals surface area contributed by atoms with E-state index in [4.69, 9.17) is 0 Å². The number of hydrogen-bond acceptors (Lipinski definition) is 0. The molecule has 0 aromatic heterocycles. The average Bonchev–Trinajstić information content (AvgIpc) is 1.69. The maximum atomic E-state index is 2.08. The van der Waals surface area contributed by atoms with Gasteiger partial charge in [0, 0.05) is 29.6 Å². The van der Waals surface area contributed by atoms with Crippen LogP contribution < -0.4 is 0 Å². The van der Waals surface area contributed by atoms with Crippen LogP contribution in [0, 0.1) is 6.92 Å². The second-order valence-corrected chi connectivity index (χ2v) is 1.65. The Balaban J connectivity index is 0.000000490. The summed E-state index contributed by atoms with van der Waals surface area (Å²) in [4.78, 5) is 0. The van der Waals surface area contributed by atoms with E-state index in [1.54, 1.807) is 0 Å². The third-order valence-electron chi connectivity index (χ3n) is 0.940. The van der Waals surface area contributed by atoms with Crippen molar-refractivity contribution >= 4 is 29.6 Å². The summed E-state index contributed by atoms with van der Waals surface area (Å²) >= 11 is 0. The van der Waals surface area contributed by atoms with Gasteiger partial charge in [-0.1, -0.05) is 35.9 Å². The van der Waals surface area contributed by atoms with Crippen molar-refractivity contribution in [3.63, 3.8) is 0 Å². The normalized spacial score (nSPS) is 7.62. The van der Waals surface area contributed by atoms with E-state index in [1.165, 1.54) is 5.56 Å². The third kappa shape index (κ3) is 2.51. The number of rotatable bonds is 0. The molecule has 0 fully saturated rings. The molecule has 0 spiro atoms. The summed E-state index contributed by atoms with van der Waals surface area (Å²) in [6.45, 7) is 2.08. The fraction of sp³-hybridized carbons (Fsp3) is 0.143. The zero-order chi connectivity index (χ0) is 5.11. The van der Waals surface area contributed by atoms with Crippen molar-refractivity contribution in [3.8, 4) is 0 Å². The number of benzene rings is 1. The van der Waals surface area contributed by atoms with Gasteiger partial charge in [0.15, 0.2) is 0 Å². The van der Waals surface area contributed by atoms with Gasteiger partial charge in [0.05, 0.1) is 0 Å². The molecule has 1 aromatic rings. The van der Waals surface area contributed by atoms with Crippen LogP contribution in [-0.4, -0.2) is 29.6 Å². The van der Waals surface area contributed by atoms with E-state index >= 15 is 0 Å². The first-order chi connectivity index (χ1) is 3.39. The summed E-state index contributed by atoms with van der Waals surface area (Å²) in [5, 5.41) is 0. The first kappa shape index (κ1) is 8.22. The van der Waals surface area contributed by atoms with Gasteiger partial charge in [-0.25, -0.2) is 0 Å². The Morgan fingerprint density at radius 1 is 1.00 bits per heavy atom. The topological polar surface area (TPSA) is 0 Å². The molecule has 0 amide bonds. The summed E-state index contributed by atoms with van der Waals surface area (Å²) in [5.41, 5.74) is 1.32. The van der Waals surface area contributed by atoms with Gasteiger partial charge in [-0.05, 0) is 6.92 Å². The van der Waals surface area contributed by atoms with Crippen LogP contribution in [0.1, 0.15) is 5.56 Å². The molecule has 8 heavy (non-hydrogen) atoms. The smallest absolute Gasteiger partial charge is 0 e. The van der Waals surface area contributed by atoms with Crippen LogP contribution in [0.2, 0.25) is 0 Å². The minimum Gasteiger partial charge on any atom is -0.0622 e. The first-order valence-corrected chi connectivity index (χ1v) is 2.41. The molecule has 0 saturated heterocycles. The molecule has 0 unspecified atom stereocenters. The van der Waals surface area contributed by atoms with Gasteiger partial charge in [-0.2, -0.15) is 0 Å². The Labute approximate surface area is 72.2 Å². The van der Waals surface area contributed by atoms with Crippen LogP contribution >= 0.6 is 0 Å². The molecule has 0 aliphatic carbocycles. The van der Waals surface area contributed by atoms with E-state index in [0.29, 0.717) is 0 Å². The third-order valence-corrected chi connectivity index (χ3v) is 0.940. The molecule has 1 radical (unpaired) electrons. The SMILES string of the molecule is Cc1ccccc1.[Na]. The Hall–Kier alpha value is 0.220. The molecule has 0 bridgehead atoms. The van der Waals surface area contributed by atoms with Crippen LogP contribution in [-0.2, 0) is 0 Å². The van der Waals surface area contributed by atoms with Gasteiger partial charge in [-0.15, -0.1) is 0 Å². The van der Waals surface area contributed by atoms with Crippen molar-refractivity contribution in [2.24, 2.45) is 0 Å². The molecule has 1 aromatic carbocycles. The van der Waals surface area contributed by atoms with Crippen molar-refractivity contribution in [3.05, 3.63) is 35.9 Å². The maximum Gasteiger partial charge on any atom is 0 e. The van der Waals surface area contributed by atoms with E-state index < -0.39 is 0 Å². The van der Waals surface area contributed by atoms with Crippen LogP contribution in [0.3, 0.4) is 0 Å². The summed E-state index contributed by atoms with van der Waals surface area (Å²) < 4.78 is 0.